The van der Waals surface area contributed by atoms with E-state index in [0.29, 0.717) is 0 Å². The minimum absolute atomic E-state index is 0.583. The molecular weight excluding hydrogens is 221 g/mol. The normalized spacial score (nSPS) is 37.2. The summed E-state index contributed by atoms with van der Waals surface area (Å²) in [6, 6.07) is 0. The Morgan fingerprint density at radius 2 is 1.67 bits per heavy atom. The van der Waals surface area contributed by atoms with Crippen molar-refractivity contribution in [3.8, 4) is 0 Å². The average Bonchev–Trinajstić information content (AvgIpc) is 2.40. The largest absolute Gasteiger partial charge is 0.522 e. The Morgan fingerprint density at radius 1 is 1.13 bits per heavy atom. The SMILES string of the molecule is OC[C@H]1O[C@H](COC(F)(F)F)[C@@H](O)[C@@H]1O. The number of hydrogen-bond donors (Lipinski definition) is 3. The number of alkyl halides is 3. The predicted octanol–water partition coefficient (Wildman–Crippen LogP) is -0.996. The van der Waals surface area contributed by atoms with Crippen LogP contribution in [0.2, 0.25) is 0 Å². The molecule has 0 unspecified atom stereocenters. The summed E-state index contributed by atoms with van der Waals surface area (Å²) < 4.78 is 43.1. The van der Waals surface area contributed by atoms with Gasteiger partial charge in [0.25, 0.3) is 0 Å². The van der Waals surface area contributed by atoms with Crippen molar-refractivity contribution in [3.05, 3.63) is 0 Å². The standard InChI is InChI=1S/C7H11F3O5/c8-7(9,10)14-2-4-6(13)5(12)3(1-11)15-4/h3-6,11-13H,1-2H2/t3-,4-,5-,6-/m1/s1. The number of aliphatic hydroxyl groups excluding tert-OH is 3. The second kappa shape index (κ2) is 4.62. The minimum Gasteiger partial charge on any atom is -0.394 e. The monoisotopic (exact) mass is 232 g/mol. The zero-order valence-corrected chi connectivity index (χ0v) is 7.52. The third kappa shape index (κ3) is 3.28. The van der Waals surface area contributed by atoms with E-state index in [1.54, 1.807) is 0 Å². The highest BCUT2D eigenvalue weighted by atomic mass is 19.4. The molecule has 90 valence electrons. The highest BCUT2D eigenvalue weighted by molar-refractivity contribution is 4.90. The van der Waals surface area contributed by atoms with Gasteiger partial charge in [-0.05, 0) is 0 Å². The molecule has 5 nitrogen and oxygen atoms in total. The lowest BCUT2D eigenvalue weighted by Crippen LogP contribution is -2.36. The van der Waals surface area contributed by atoms with Crippen LogP contribution in [0, 0.1) is 0 Å². The van der Waals surface area contributed by atoms with Crippen LogP contribution in [0.25, 0.3) is 0 Å². The maximum atomic E-state index is 11.6. The first-order valence-corrected chi connectivity index (χ1v) is 4.18. The van der Waals surface area contributed by atoms with Crippen LogP contribution < -0.4 is 0 Å². The second-order valence-electron chi connectivity index (χ2n) is 3.13. The Kier molecular flexibility index (Phi) is 3.90. The van der Waals surface area contributed by atoms with Gasteiger partial charge in [-0.3, -0.25) is 4.74 Å². The molecule has 0 aromatic heterocycles. The van der Waals surface area contributed by atoms with Gasteiger partial charge >= 0.3 is 6.36 Å². The van der Waals surface area contributed by atoms with E-state index in [2.05, 4.69) is 4.74 Å². The van der Waals surface area contributed by atoms with Crippen molar-refractivity contribution in [2.75, 3.05) is 13.2 Å². The van der Waals surface area contributed by atoms with E-state index in [4.69, 9.17) is 9.84 Å². The molecule has 0 aromatic rings. The molecule has 3 N–H and O–H groups in total. The fraction of sp³-hybridized carbons (Fsp3) is 1.00. The Morgan fingerprint density at radius 3 is 2.07 bits per heavy atom. The molecule has 1 fully saturated rings. The molecule has 1 rings (SSSR count). The summed E-state index contributed by atoms with van der Waals surface area (Å²) in [5.41, 5.74) is 0. The number of hydrogen-bond acceptors (Lipinski definition) is 5. The topological polar surface area (TPSA) is 79.2 Å². The number of rotatable bonds is 3. The molecule has 4 atom stereocenters. The molecule has 15 heavy (non-hydrogen) atoms. The summed E-state index contributed by atoms with van der Waals surface area (Å²) in [4.78, 5) is 0. The van der Waals surface area contributed by atoms with Gasteiger partial charge in [-0.2, -0.15) is 0 Å². The lowest BCUT2D eigenvalue weighted by molar-refractivity contribution is -0.332. The quantitative estimate of drug-likeness (QED) is 0.582. The third-order valence-corrected chi connectivity index (χ3v) is 2.05. The molecule has 0 bridgehead atoms. The van der Waals surface area contributed by atoms with Crippen LogP contribution in [-0.4, -0.2) is 59.3 Å². The molecule has 0 aliphatic carbocycles. The van der Waals surface area contributed by atoms with Crippen LogP contribution >= 0.6 is 0 Å². The molecule has 0 amide bonds. The van der Waals surface area contributed by atoms with Crippen molar-refractivity contribution in [2.45, 2.75) is 30.8 Å². The van der Waals surface area contributed by atoms with Crippen molar-refractivity contribution in [1.82, 2.24) is 0 Å². The fourth-order valence-corrected chi connectivity index (χ4v) is 1.29. The van der Waals surface area contributed by atoms with Crippen LogP contribution in [0.15, 0.2) is 0 Å². The van der Waals surface area contributed by atoms with Crippen molar-refractivity contribution < 1.29 is 38.0 Å². The van der Waals surface area contributed by atoms with E-state index in [9.17, 15) is 23.4 Å². The van der Waals surface area contributed by atoms with Crippen molar-refractivity contribution in [3.63, 3.8) is 0 Å². The van der Waals surface area contributed by atoms with Gasteiger partial charge in [-0.25, -0.2) is 0 Å². The summed E-state index contributed by atoms with van der Waals surface area (Å²) in [5, 5.41) is 27.0. The lowest BCUT2D eigenvalue weighted by Gasteiger charge is -2.15. The summed E-state index contributed by atoms with van der Waals surface area (Å²) in [7, 11) is 0. The van der Waals surface area contributed by atoms with E-state index in [-0.39, 0.29) is 0 Å². The highest BCUT2D eigenvalue weighted by Crippen LogP contribution is 2.24. The molecule has 0 radical (unpaired) electrons. The van der Waals surface area contributed by atoms with E-state index >= 15 is 0 Å². The predicted molar refractivity (Wildman–Crippen MR) is 39.8 cm³/mol. The second-order valence-corrected chi connectivity index (χ2v) is 3.13. The first-order valence-electron chi connectivity index (χ1n) is 4.18. The molecular formula is C7H11F3O5. The summed E-state index contributed by atoms with van der Waals surface area (Å²) in [6.07, 6.45) is -10.1. The van der Waals surface area contributed by atoms with Gasteiger partial charge in [-0.15, -0.1) is 13.2 Å². The van der Waals surface area contributed by atoms with E-state index in [0.717, 1.165) is 0 Å². The van der Waals surface area contributed by atoms with Crippen molar-refractivity contribution >= 4 is 0 Å². The molecule has 0 spiro atoms. The Labute approximate surface area is 83.0 Å². The number of aliphatic hydroxyl groups is 3. The maximum Gasteiger partial charge on any atom is 0.522 e. The van der Waals surface area contributed by atoms with Gasteiger partial charge in [0.2, 0.25) is 0 Å². The number of halogens is 3. The Bertz CT molecular complexity index is 209. The van der Waals surface area contributed by atoms with Crippen LogP contribution in [-0.2, 0) is 9.47 Å². The first kappa shape index (κ1) is 12.7. The van der Waals surface area contributed by atoms with Gasteiger partial charge in [0, 0.05) is 0 Å². The smallest absolute Gasteiger partial charge is 0.394 e. The summed E-state index contributed by atoms with van der Waals surface area (Å²) in [5.74, 6) is 0. The lowest BCUT2D eigenvalue weighted by atomic mass is 10.1. The van der Waals surface area contributed by atoms with Crippen LogP contribution in [0.1, 0.15) is 0 Å². The van der Waals surface area contributed by atoms with Crippen molar-refractivity contribution in [1.29, 1.82) is 0 Å². The van der Waals surface area contributed by atoms with Crippen LogP contribution in [0.4, 0.5) is 13.2 Å². The molecule has 1 aliphatic heterocycles. The van der Waals surface area contributed by atoms with E-state index in [1.165, 1.54) is 0 Å². The van der Waals surface area contributed by atoms with Crippen LogP contribution in [0.5, 0.6) is 0 Å². The highest BCUT2D eigenvalue weighted by Gasteiger charge is 2.44. The zero-order chi connectivity index (χ0) is 11.6. The Balaban J connectivity index is 2.44. The minimum atomic E-state index is -4.81. The molecule has 1 saturated heterocycles. The van der Waals surface area contributed by atoms with E-state index in [1.807, 2.05) is 0 Å². The van der Waals surface area contributed by atoms with Gasteiger partial charge in [-0.1, -0.05) is 0 Å². The van der Waals surface area contributed by atoms with Gasteiger partial charge in [0.15, 0.2) is 0 Å². The maximum absolute atomic E-state index is 11.6. The van der Waals surface area contributed by atoms with E-state index < -0.39 is 44.0 Å². The van der Waals surface area contributed by atoms with Crippen molar-refractivity contribution in [2.24, 2.45) is 0 Å². The Hall–Kier alpha value is -0.410. The molecule has 8 heteroatoms. The molecule has 0 aromatic carbocycles. The third-order valence-electron chi connectivity index (χ3n) is 2.05. The molecule has 1 heterocycles. The first-order chi connectivity index (χ1) is 6.85. The molecule has 0 saturated carbocycles. The molecule has 1 aliphatic rings. The summed E-state index contributed by atoms with van der Waals surface area (Å²) >= 11 is 0. The average molecular weight is 232 g/mol. The summed E-state index contributed by atoms with van der Waals surface area (Å²) in [6.45, 7) is -1.50. The van der Waals surface area contributed by atoms with Gasteiger partial charge in [0.1, 0.15) is 24.4 Å². The van der Waals surface area contributed by atoms with Crippen LogP contribution in [0.3, 0.4) is 0 Å². The zero-order valence-electron chi connectivity index (χ0n) is 7.52. The number of ether oxygens (including phenoxy) is 2. The fourth-order valence-electron chi connectivity index (χ4n) is 1.29. The van der Waals surface area contributed by atoms with Gasteiger partial charge < -0.3 is 20.1 Å². The van der Waals surface area contributed by atoms with Gasteiger partial charge in [0.05, 0.1) is 13.2 Å².